The first kappa shape index (κ1) is 11.6. The summed E-state index contributed by atoms with van der Waals surface area (Å²) in [7, 11) is 1.55. The average molecular weight is 233 g/mol. The molecule has 4 heteroatoms. The summed E-state index contributed by atoms with van der Waals surface area (Å²) in [6.07, 6.45) is 2.69. The molecule has 0 atom stereocenters. The van der Waals surface area contributed by atoms with E-state index in [4.69, 9.17) is 9.94 Å². The topological polar surface area (TPSA) is 58.9 Å². The number of hydrogen-bond donors (Lipinski definition) is 1. The van der Waals surface area contributed by atoms with Gasteiger partial charge in [-0.15, -0.1) is 0 Å². The number of carbonyl (C=O) groups is 1. The number of nitrogens with zero attached hydrogens (tertiary/aromatic N) is 1. The van der Waals surface area contributed by atoms with Crippen molar-refractivity contribution < 1.29 is 14.7 Å². The van der Waals surface area contributed by atoms with Crippen LogP contribution in [0.4, 0.5) is 0 Å². The predicted molar refractivity (Wildman–Crippen MR) is 64.3 cm³/mol. The molecule has 0 radical (unpaired) electrons. The summed E-state index contributed by atoms with van der Waals surface area (Å²) in [5, 5.41) is 12.7. The molecule has 1 aliphatic rings. The van der Waals surface area contributed by atoms with Crippen LogP contribution in [0.5, 0.6) is 0 Å². The number of rotatable bonds is 3. The number of aliphatic carboxylic acids is 1. The van der Waals surface area contributed by atoms with Crippen LogP contribution in [0.1, 0.15) is 23.1 Å². The lowest BCUT2D eigenvalue weighted by atomic mass is 9.89. The Bertz CT molecular complexity index is 466. The second kappa shape index (κ2) is 4.99. The number of carboxylic acid groups (broad SMARTS) is 1. The molecular weight excluding hydrogens is 218 g/mol. The van der Waals surface area contributed by atoms with Gasteiger partial charge in [-0.1, -0.05) is 23.4 Å². The van der Waals surface area contributed by atoms with Crippen LogP contribution in [0, 0.1) is 0 Å². The molecule has 2 rings (SSSR count). The molecule has 0 aromatic heterocycles. The molecule has 0 unspecified atom stereocenters. The molecule has 1 aromatic carbocycles. The Morgan fingerprint density at radius 1 is 1.41 bits per heavy atom. The molecule has 1 aliphatic carbocycles. The van der Waals surface area contributed by atoms with Crippen LogP contribution in [0.15, 0.2) is 23.4 Å². The van der Waals surface area contributed by atoms with Crippen molar-refractivity contribution in [2.45, 2.75) is 25.7 Å². The minimum Gasteiger partial charge on any atom is -0.481 e. The monoisotopic (exact) mass is 233 g/mol. The van der Waals surface area contributed by atoms with E-state index in [1.165, 1.54) is 11.1 Å². The maximum atomic E-state index is 10.6. The van der Waals surface area contributed by atoms with Gasteiger partial charge in [0.15, 0.2) is 0 Å². The lowest BCUT2D eigenvalue weighted by molar-refractivity contribution is -0.136. The fourth-order valence-corrected chi connectivity index (χ4v) is 2.16. The van der Waals surface area contributed by atoms with Crippen LogP contribution in [0.25, 0.3) is 0 Å². The summed E-state index contributed by atoms with van der Waals surface area (Å²) >= 11 is 0. The highest BCUT2D eigenvalue weighted by Gasteiger charge is 2.15. The Morgan fingerprint density at radius 3 is 2.94 bits per heavy atom. The first-order valence-electron chi connectivity index (χ1n) is 5.60. The number of aryl methyl sites for hydroxylation is 1. The predicted octanol–water partition coefficient (Wildman–Crippen LogP) is 1.80. The number of benzene rings is 1. The Hall–Kier alpha value is -1.84. The van der Waals surface area contributed by atoms with Gasteiger partial charge in [0.05, 0.1) is 12.1 Å². The average Bonchev–Trinajstić information content (AvgIpc) is 2.29. The van der Waals surface area contributed by atoms with E-state index in [1.54, 1.807) is 7.11 Å². The molecule has 4 nitrogen and oxygen atoms in total. The van der Waals surface area contributed by atoms with Gasteiger partial charge < -0.3 is 9.94 Å². The molecule has 17 heavy (non-hydrogen) atoms. The Kier molecular flexibility index (Phi) is 3.42. The van der Waals surface area contributed by atoms with E-state index in [2.05, 4.69) is 5.16 Å². The summed E-state index contributed by atoms with van der Waals surface area (Å²) in [5.41, 5.74) is 4.37. The maximum Gasteiger partial charge on any atom is 0.307 e. The molecule has 0 amide bonds. The molecular formula is C13H15NO3. The smallest absolute Gasteiger partial charge is 0.307 e. The fourth-order valence-electron chi connectivity index (χ4n) is 2.16. The third-order valence-corrected chi connectivity index (χ3v) is 2.92. The largest absolute Gasteiger partial charge is 0.481 e. The van der Waals surface area contributed by atoms with Crippen LogP contribution in [0.2, 0.25) is 0 Å². The summed E-state index contributed by atoms with van der Waals surface area (Å²) < 4.78 is 0. The number of fused-ring (bicyclic) bond motifs is 1. The summed E-state index contributed by atoms with van der Waals surface area (Å²) in [5.74, 6) is -0.789. The molecule has 1 N–H and O–H groups in total. The number of carboxylic acids is 1. The Balaban J connectivity index is 2.19. The highest BCUT2D eigenvalue weighted by atomic mass is 16.6. The van der Waals surface area contributed by atoms with Crippen LogP contribution >= 0.6 is 0 Å². The van der Waals surface area contributed by atoms with E-state index < -0.39 is 5.97 Å². The molecule has 0 saturated carbocycles. The van der Waals surface area contributed by atoms with Crippen molar-refractivity contribution >= 4 is 11.7 Å². The summed E-state index contributed by atoms with van der Waals surface area (Å²) in [6, 6.07) is 5.87. The van der Waals surface area contributed by atoms with Gasteiger partial charge in [-0.25, -0.2) is 0 Å². The number of hydrogen-bond acceptors (Lipinski definition) is 3. The van der Waals surface area contributed by atoms with Crippen molar-refractivity contribution in [2.24, 2.45) is 5.16 Å². The van der Waals surface area contributed by atoms with Crippen molar-refractivity contribution in [2.75, 3.05) is 7.11 Å². The first-order valence-corrected chi connectivity index (χ1v) is 5.60. The first-order chi connectivity index (χ1) is 8.19. The van der Waals surface area contributed by atoms with E-state index in [0.29, 0.717) is 0 Å². The van der Waals surface area contributed by atoms with Crippen molar-refractivity contribution in [3.63, 3.8) is 0 Å². The quantitative estimate of drug-likeness (QED) is 0.810. The van der Waals surface area contributed by atoms with Crippen LogP contribution in [-0.2, 0) is 28.9 Å². The molecule has 0 fully saturated rings. The van der Waals surface area contributed by atoms with E-state index in [9.17, 15) is 4.79 Å². The van der Waals surface area contributed by atoms with Gasteiger partial charge in [0.25, 0.3) is 0 Å². The van der Waals surface area contributed by atoms with Crippen molar-refractivity contribution in [1.29, 1.82) is 0 Å². The minimum absolute atomic E-state index is 0.0896. The van der Waals surface area contributed by atoms with E-state index >= 15 is 0 Å². The van der Waals surface area contributed by atoms with Crippen LogP contribution in [-0.4, -0.2) is 23.9 Å². The molecule has 1 aromatic rings. The van der Waals surface area contributed by atoms with E-state index in [0.717, 1.165) is 30.5 Å². The Labute approximate surface area is 99.9 Å². The lowest BCUT2D eigenvalue weighted by Crippen LogP contribution is -2.14. The normalized spacial score (nSPS) is 16.6. The standard InChI is InChI=1S/C13H15NO3/c1-17-14-12-5-4-10-6-9(7-13(15)16)2-3-11(10)8-12/h2-3,6H,4-5,7-8H2,1H3,(H,15,16). The molecule has 0 bridgehead atoms. The van der Waals surface area contributed by atoms with Gasteiger partial charge in [-0.3, -0.25) is 4.79 Å². The van der Waals surface area contributed by atoms with Gasteiger partial charge in [0.2, 0.25) is 0 Å². The van der Waals surface area contributed by atoms with E-state index in [1.807, 2.05) is 18.2 Å². The maximum absolute atomic E-state index is 10.6. The summed E-state index contributed by atoms with van der Waals surface area (Å²) in [6.45, 7) is 0. The highest BCUT2D eigenvalue weighted by molar-refractivity contribution is 5.88. The van der Waals surface area contributed by atoms with Crippen molar-refractivity contribution in [1.82, 2.24) is 0 Å². The highest BCUT2D eigenvalue weighted by Crippen LogP contribution is 2.21. The zero-order valence-electron chi connectivity index (χ0n) is 9.77. The SMILES string of the molecule is CON=C1CCc2cc(CC(=O)O)ccc2C1. The van der Waals surface area contributed by atoms with E-state index in [-0.39, 0.29) is 6.42 Å². The lowest BCUT2D eigenvalue weighted by Gasteiger charge is -2.17. The molecule has 0 heterocycles. The molecule has 0 aliphatic heterocycles. The van der Waals surface area contributed by atoms with Gasteiger partial charge in [-0.05, 0) is 29.5 Å². The zero-order valence-corrected chi connectivity index (χ0v) is 9.77. The second-order valence-electron chi connectivity index (χ2n) is 4.19. The minimum atomic E-state index is -0.789. The second-order valence-corrected chi connectivity index (χ2v) is 4.19. The molecule has 90 valence electrons. The van der Waals surface area contributed by atoms with Gasteiger partial charge >= 0.3 is 5.97 Å². The molecule has 0 spiro atoms. The number of oxime groups is 1. The van der Waals surface area contributed by atoms with Gasteiger partial charge in [0.1, 0.15) is 7.11 Å². The van der Waals surface area contributed by atoms with Gasteiger partial charge in [0, 0.05) is 6.42 Å². The van der Waals surface area contributed by atoms with Crippen molar-refractivity contribution in [3.8, 4) is 0 Å². The van der Waals surface area contributed by atoms with Crippen LogP contribution in [0.3, 0.4) is 0 Å². The van der Waals surface area contributed by atoms with Gasteiger partial charge in [-0.2, -0.15) is 0 Å². The zero-order chi connectivity index (χ0) is 12.3. The van der Waals surface area contributed by atoms with Crippen LogP contribution < -0.4 is 0 Å². The third-order valence-electron chi connectivity index (χ3n) is 2.92. The summed E-state index contributed by atoms with van der Waals surface area (Å²) in [4.78, 5) is 15.4. The Morgan fingerprint density at radius 2 is 2.24 bits per heavy atom. The fraction of sp³-hybridized carbons (Fsp3) is 0.385. The van der Waals surface area contributed by atoms with Crippen molar-refractivity contribution in [3.05, 3.63) is 34.9 Å². The third kappa shape index (κ3) is 2.84. The molecule has 0 saturated heterocycles.